The minimum atomic E-state index is -0.254. The van der Waals surface area contributed by atoms with Gasteiger partial charge < -0.3 is 10.6 Å². The average Bonchev–Trinajstić information content (AvgIpc) is 2.38. The van der Waals surface area contributed by atoms with Crippen molar-refractivity contribution < 1.29 is 4.39 Å². The lowest BCUT2D eigenvalue weighted by atomic mass is 10.1. The molecule has 3 heteroatoms. The first-order chi connectivity index (χ1) is 8.61. The third-order valence-corrected chi connectivity index (χ3v) is 2.99. The largest absolute Gasteiger partial charge is 0.342 e. The number of hydrogen-bond donors (Lipinski definition) is 1. The van der Waals surface area contributed by atoms with Gasteiger partial charge in [-0.05, 0) is 30.7 Å². The maximum absolute atomic E-state index is 14.0. The molecule has 0 saturated heterocycles. The van der Waals surface area contributed by atoms with Crippen LogP contribution in [-0.4, -0.2) is 7.05 Å². The summed E-state index contributed by atoms with van der Waals surface area (Å²) in [5.41, 5.74) is 8.19. The molecule has 2 aromatic rings. The van der Waals surface area contributed by atoms with E-state index < -0.39 is 0 Å². The number of halogens is 1. The molecule has 0 fully saturated rings. The van der Waals surface area contributed by atoms with E-state index in [4.69, 9.17) is 5.73 Å². The highest BCUT2D eigenvalue weighted by Gasteiger charge is 2.16. The molecule has 0 saturated carbocycles. The molecular formula is C15H17FN2. The molecule has 0 aliphatic rings. The van der Waals surface area contributed by atoms with Gasteiger partial charge in [-0.25, -0.2) is 4.39 Å². The first-order valence-corrected chi connectivity index (χ1v) is 5.94. The van der Waals surface area contributed by atoms with E-state index in [1.165, 1.54) is 6.07 Å². The van der Waals surface area contributed by atoms with Crippen molar-refractivity contribution in [2.75, 3.05) is 11.9 Å². The highest BCUT2D eigenvalue weighted by Crippen LogP contribution is 2.32. The minimum absolute atomic E-state index is 0.207. The van der Waals surface area contributed by atoms with E-state index in [0.717, 1.165) is 11.3 Å². The molecule has 18 heavy (non-hydrogen) atoms. The van der Waals surface area contributed by atoms with Crippen LogP contribution in [0.25, 0.3) is 0 Å². The van der Waals surface area contributed by atoms with Crippen molar-refractivity contribution >= 4 is 11.4 Å². The van der Waals surface area contributed by atoms with Crippen molar-refractivity contribution in [3.05, 3.63) is 59.9 Å². The Morgan fingerprint density at radius 2 is 1.72 bits per heavy atom. The molecule has 0 radical (unpaired) electrons. The number of nitrogens with two attached hydrogens (primary N) is 1. The molecule has 0 unspecified atom stereocenters. The number of hydrogen-bond acceptors (Lipinski definition) is 2. The van der Waals surface area contributed by atoms with E-state index in [9.17, 15) is 4.39 Å². The smallest absolute Gasteiger partial charge is 0.147 e. The average molecular weight is 244 g/mol. The molecule has 2 N–H and O–H groups in total. The zero-order chi connectivity index (χ0) is 13.1. The standard InChI is InChI=1S/C15H17FN2/c1-11(17)13-9-6-10-14(16)15(13)18(2)12-7-4-3-5-8-12/h3-11H,17H2,1-2H3/t11-/m0/s1. The molecule has 94 valence electrons. The normalized spacial score (nSPS) is 12.2. The van der Waals surface area contributed by atoms with E-state index in [1.807, 2.05) is 55.3 Å². The lowest BCUT2D eigenvalue weighted by molar-refractivity contribution is 0.622. The first-order valence-electron chi connectivity index (χ1n) is 5.94. The van der Waals surface area contributed by atoms with Crippen molar-refractivity contribution in [2.24, 2.45) is 5.73 Å². The van der Waals surface area contributed by atoms with Crippen molar-refractivity contribution in [1.29, 1.82) is 0 Å². The van der Waals surface area contributed by atoms with Crippen LogP contribution < -0.4 is 10.6 Å². The number of nitrogens with zero attached hydrogens (tertiary/aromatic N) is 1. The Morgan fingerprint density at radius 3 is 2.33 bits per heavy atom. The Kier molecular flexibility index (Phi) is 3.63. The lowest BCUT2D eigenvalue weighted by Crippen LogP contribution is -2.17. The third kappa shape index (κ3) is 2.36. The van der Waals surface area contributed by atoms with E-state index in [1.54, 1.807) is 6.07 Å². The summed E-state index contributed by atoms with van der Waals surface area (Å²) in [5.74, 6) is -0.254. The van der Waals surface area contributed by atoms with Crippen LogP contribution in [0, 0.1) is 5.82 Å². The van der Waals surface area contributed by atoms with Crippen LogP contribution in [0.4, 0.5) is 15.8 Å². The zero-order valence-electron chi connectivity index (χ0n) is 10.6. The molecule has 2 aromatic carbocycles. The van der Waals surface area contributed by atoms with Crippen molar-refractivity contribution in [2.45, 2.75) is 13.0 Å². The van der Waals surface area contributed by atoms with E-state index in [0.29, 0.717) is 5.69 Å². The Balaban J connectivity index is 2.51. The molecule has 1 atom stereocenters. The van der Waals surface area contributed by atoms with E-state index >= 15 is 0 Å². The maximum atomic E-state index is 14.0. The van der Waals surface area contributed by atoms with Crippen LogP contribution in [0.5, 0.6) is 0 Å². The summed E-state index contributed by atoms with van der Waals surface area (Å²) in [5, 5.41) is 0. The fourth-order valence-corrected chi connectivity index (χ4v) is 2.03. The van der Waals surface area contributed by atoms with Gasteiger partial charge in [0, 0.05) is 18.8 Å². The van der Waals surface area contributed by atoms with Gasteiger partial charge in [0.15, 0.2) is 0 Å². The van der Waals surface area contributed by atoms with Crippen molar-refractivity contribution in [3.63, 3.8) is 0 Å². The maximum Gasteiger partial charge on any atom is 0.147 e. The van der Waals surface area contributed by atoms with Gasteiger partial charge in [0.25, 0.3) is 0 Å². The Hall–Kier alpha value is -1.87. The summed E-state index contributed by atoms with van der Waals surface area (Å²) in [6, 6.07) is 14.5. The molecule has 2 rings (SSSR count). The van der Waals surface area contributed by atoms with Crippen LogP contribution in [0.2, 0.25) is 0 Å². The van der Waals surface area contributed by atoms with Crippen molar-refractivity contribution in [3.8, 4) is 0 Å². The van der Waals surface area contributed by atoms with Gasteiger partial charge in [0.05, 0.1) is 5.69 Å². The zero-order valence-corrected chi connectivity index (χ0v) is 10.6. The first kappa shape index (κ1) is 12.6. The van der Waals surface area contributed by atoms with Gasteiger partial charge in [-0.1, -0.05) is 30.3 Å². The van der Waals surface area contributed by atoms with Gasteiger partial charge in [-0.2, -0.15) is 0 Å². The van der Waals surface area contributed by atoms with Crippen molar-refractivity contribution in [1.82, 2.24) is 0 Å². The molecule has 0 amide bonds. The number of rotatable bonds is 3. The fraction of sp³-hybridized carbons (Fsp3) is 0.200. The topological polar surface area (TPSA) is 29.3 Å². The number of benzene rings is 2. The third-order valence-electron chi connectivity index (χ3n) is 2.99. The molecular weight excluding hydrogens is 227 g/mol. The molecule has 0 aromatic heterocycles. The minimum Gasteiger partial charge on any atom is -0.342 e. The highest BCUT2D eigenvalue weighted by molar-refractivity contribution is 5.66. The predicted molar refractivity (Wildman–Crippen MR) is 73.5 cm³/mol. The SMILES string of the molecule is C[C@H](N)c1cccc(F)c1N(C)c1ccccc1. The van der Waals surface area contributed by atoms with E-state index in [2.05, 4.69) is 0 Å². The summed E-state index contributed by atoms with van der Waals surface area (Å²) in [6.45, 7) is 1.86. The van der Waals surface area contributed by atoms with Gasteiger partial charge >= 0.3 is 0 Å². The second-order valence-corrected chi connectivity index (χ2v) is 4.36. The molecule has 0 bridgehead atoms. The Labute approximate surface area is 107 Å². The van der Waals surface area contributed by atoms with Gasteiger partial charge in [0.2, 0.25) is 0 Å². The quantitative estimate of drug-likeness (QED) is 0.893. The van der Waals surface area contributed by atoms with Crippen LogP contribution in [0.1, 0.15) is 18.5 Å². The Bertz CT molecular complexity index is 523. The van der Waals surface area contributed by atoms with Crippen LogP contribution in [0.15, 0.2) is 48.5 Å². The lowest BCUT2D eigenvalue weighted by Gasteiger charge is -2.24. The number of para-hydroxylation sites is 2. The highest BCUT2D eigenvalue weighted by atomic mass is 19.1. The monoisotopic (exact) mass is 244 g/mol. The second-order valence-electron chi connectivity index (χ2n) is 4.36. The van der Waals surface area contributed by atoms with Gasteiger partial charge in [-0.15, -0.1) is 0 Å². The molecule has 0 spiro atoms. The summed E-state index contributed by atoms with van der Waals surface area (Å²) in [7, 11) is 1.85. The van der Waals surface area contributed by atoms with Crippen LogP contribution in [0.3, 0.4) is 0 Å². The molecule has 0 aliphatic heterocycles. The summed E-state index contributed by atoms with van der Waals surface area (Å²) < 4.78 is 14.0. The van der Waals surface area contributed by atoms with E-state index in [-0.39, 0.29) is 11.9 Å². The molecule has 2 nitrogen and oxygen atoms in total. The fourth-order valence-electron chi connectivity index (χ4n) is 2.03. The predicted octanol–water partition coefficient (Wildman–Crippen LogP) is 3.61. The molecule has 0 heterocycles. The summed E-state index contributed by atoms with van der Waals surface area (Å²) in [4.78, 5) is 1.83. The van der Waals surface area contributed by atoms with Crippen LogP contribution in [-0.2, 0) is 0 Å². The van der Waals surface area contributed by atoms with Gasteiger partial charge in [-0.3, -0.25) is 0 Å². The Morgan fingerprint density at radius 1 is 1.06 bits per heavy atom. The summed E-state index contributed by atoms with van der Waals surface area (Å²) in [6.07, 6.45) is 0. The summed E-state index contributed by atoms with van der Waals surface area (Å²) >= 11 is 0. The number of anilines is 2. The van der Waals surface area contributed by atoms with Crippen LogP contribution >= 0.6 is 0 Å². The van der Waals surface area contributed by atoms with Gasteiger partial charge in [0.1, 0.15) is 5.82 Å². The second kappa shape index (κ2) is 5.19. The molecule has 0 aliphatic carbocycles.